The van der Waals surface area contributed by atoms with Crippen LogP contribution in [-0.4, -0.2) is 26.7 Å². The van der Waals surface area contributed by atoms with Crippen LogP contribution in [-0.2, 0) is 10.0 Å². The molecule has 0 bridgehead atoms. The molecule has 0 radical (unpaired) electrons. The SMILES string of the molecule is Nc1ccc(Cl)c(S(=O)(=O)NCC2CCCC2CO)c1. The number of rotatable bonds is 5. The highest BCUT2D eigenvalue weighted by Gasteiger charge is 2.28. The second-order valence-corrected chi connectivity index (χ2v) is 7.32. The maximum atomic E-state index is 12.2. The van der Waals surface area contributed by atoms with Crippen LogP contribution in [0.2, 0.25) is 5.02 Å². The maximum Gasteiger partial charge on any atom is 0.242 e. The Morgan fingerprint density at radius 1 is 1.35 bits per heavy atom. The first-order valence-corrected chi connectivity index (χ1v) is 8.45. The van der Waals surface area contributed by atoms with Crippen LogP contribution in [0.15, 0.2) is 23.1 Å². The summed E-state index contributed by atoms with van der Waals surface area (Å²) in [4.78, 5) is -0.00212. The standard InChI is InChI=1S/C13H19ClN2O3S/c14-12-5-4-11(15)6-13(12)20(18,19)16-7-9-2-1-3-10(9)8-17/h4-6,9-10,16-17H,1-3,7-8,15H2. The highest BCUT2D eigenvalue weighted by molar-refractivity contribution is 7.89. The number of sulfonamides is 1. The van der Waals surface area contributed by atoms with Crippen LogP contribution in [0.1, 0.15) is 19.3 Å². The zero-order valence-electron chi connectivity index (χ0n) is 11.0. The van der Waals surface area contributed by atoms with E-state index >= 15 is 0 Å². The molecule has 7 heteroatoms. The lowest BCUT2D eigenvalue weighted by Gasteiger charge is -2.18. The van der Waals surface area contributed by atoms with Gasteiger partial charge in [0, 0.05) is 18.8 Å². The van der Waals surface area contributed by atoms with Crippen LogP contribution >= 0.6 is 11.6 Å². The minimum atomic E-state index is -3.68. The third kappa shape index (κ3) is 3.44. The first kappa shape index (κ1) is 15.6. The molecule has 2 rings (SSSR count). The van der Waals surface area contributed by atoms with Gasteiger partial charge in [0.2, 0.25) is 10.0 Å². The Kier molecular flexibility index (Phi) is 4.90. The van der Waals surface area contributed by atoms with Crippen LogP contribution in [0.5, 0.6) is 0 Å². The van der Waals surface area contributed by atoms with Gasteiger partial charge < -0.3 is 10.8 Å². The summed E-state index contributed by atoms with van der Waals surface area (Å²) in [7, 11) is -3.68. The Morgan fingerprint density at radius 3 is 2.75 bits per heavy atom. The second-order valence-electron chi connectivity index (χ2n) is 5.18. The fourth-order valence-electron chi connectivity index (χ4n) is 2.64. The molecule has 0 spiro atoms. The lowest BCUT2D eigenvalue weighted by Crippen LogP contribution is -2.32. The molecule has 112 valence electrons. The Bertz CT molecular complexity index is 577. The van der Waals surface area contributed by atoms with Gasteiger partial charge in [-0.15, -0.1) is 0 Å². The minimum absolute atomic E-state index is 0.00212. The third-order valence-electron chi connectivity index (χ3n) is 3.83. The summed E-state index contributed by atoms with van der Waals surface area (Å²) < 4.78 is 27.1. The Labute approximate surface area is 124 Å². The van der Waals surface area contributed by atoms with Crippen molar-refractivity contribution in [2.75, 3.05) is 18.9 Å². The molecule has 1 aliphatic rings. The predicted molar refractivity (Wildman–Crippen MR) is 79.0 cm³/mol. The number of anilines is 1. The number of aliphatic hydroxyl groups excluding tert-OH is 1. The van der Waals surface area contributed by atoms with Crippen LogP contribution in [0.25, 0.3) is 0 Å². The summed E-state index contributed by atoms with van der Waals surface area (Å²) in [5, 5.41) is 9.40. The van der Waals surface area contributed by atoms with E-state index in [1.807, 2.05) is 0 Å². The van der Waals surface area contributed by atoms with E-state index in [1.165, 1.54) is 12.1 Å². The molecule has 1 aliphatic carbocycles. The number of benzene rings is 1. The minimum Gasteiger partial charge on any atom is -0.399 e. The molecule has 0 amide bonds. The number of hydrogen-bond acceptors (Lipinski definition) is 4. The average molecular weight is 319 g/mol. The molecule has 20 heavy (non-hydrogen) atoms. The predicted octanol–water partition coefficient (Wildman–Crippen LogP) is 1.61. The number of aliphatic hydroxyl groups is 1. The maximum absolute atomic E-state index is 12.2. The molecular weight excluding hydrogens is 300 g/mol. The van der Waals surface area contributed by atoms with Gasteiger partial charge in [0.25, 0.3) is 0 Å². The van der Waals surface area contributed by atoms with Gasteiger partial charge in [0.05, 0.1) is 5.02 Å². The van der Waals surface area contributed by atoms with Crippen molar-refractivity contribution in [3.05, 3.63) is 23.2 Å². The molecular formula is C13H19ClN2O3S. The number of nitrogens with two attached hydrogens (primary N) is 1. The van der Waals surface area contributed by atoms with Crippen molar-refractivity contribution in [2.45, 2.75) is 24.2 Å². The summed E-state index contributed by atoms with van der Waals surface area (Å²) in [6.07, 6.45) is 2.90. The quantitative estimate of drug-likeness (QED) is 0.719. The largest absolute Gasteiger partial charge is 0.399 e. The average Bonchev–Trinajstić information content (AvgIpc) is 2.86. The molecule has 1 fully saturated rings. The Balaban J connectivity index is 2.09. The van der Waals surface area contributed by atoms with Crippen LogP contribution in [0.4, 0.5) is 5.69 Å². The van der Waals surface area contributed by atoms with Gasteiger partial charge in [-0.3, -0.25) is 0 Å². The summed E-state index contributed by atoms with van der Waals surface area (Å²) >= 11 is 5.92. The molecule has 2 atom stereocenters. The smallest absolute Gasteiger partial charge is 0.242 e. The summed E-state index contributed by atoms with van der Waals surface area (Å²) in [5.41, 5.74) is 5.95. The van der Waals surface area contributed by atoms with E-state index in [9.17, 15) is 13.5 Å². The van der Waals surface area contributed by atoms with Crippen LogP contribution in [0, 0.1) is 11.8 Å². The lowest BCUT2D eigenvalue weighted by molar-refractivity contribution is 0.195. The van der Waals surface area contributed by atoms with Crippen molar-refractivity contribution in [1.29, 1.82) is 0 Å². The molecule has 0 aromatic heterocycles. The summed E-state index contributed by atoms with van der Waals surface area (Å²) in [5.74, 6) is 0.351. The fourth-order valence-corrected chi connectivity index (χ4v) is 4.27. The normalized spacial score (nSPS) is 23.1. The van der Waals surface area contributed by atoms with E-state index in [1.54, 1.807) is 6.07 Å². The zero-order chi connectivity index (χ0) is 14.8. The van der Waals surface area contributed by atoms with E-state index in [0.29, 0.717) is 12.2 Å². The van der Waals surface area contributed by atoms with Gasteiger partial charge in [-0.05, 0) is 42.9 Å². The number of nitrogen functional groups attached to an aromatic ring is 1. The van der Waals surface area contributed by atoms with Crippen LogP contribution in [0.3, 0.4) is 0 Å². The zero-order valence-corrected chi connectivity index (χ0v) is 12.6. The van der Waals surface area contributed by atoms with E-state index < -0.39 is 10.0 Å². The summed E-state index contributed by atoms with van der Waals surface area (Å²) in [6, 6.07) is 4.38. The number of hydrogen-bond donors (Lipinski definition) is 3. The molecule has 0 aliphatic heterocycles. The molecule has 1 aromatic carbocycles. The van der Waals surface area contributed by atoms with Crippen molar-refractivity contribution in [2.24, 2.45) is 11.8 Å². The first-order chi connectivity index (χ1) is 9.44. The van der Waals surface area contributed by atoms with Crippen LogP contribution < -0.4 is 10.5 Å². The van der Waals surface area contributed by atoms with Crippen molar-refractivity contribution in [3.8, 4) is 0 Å². The molecule has 5 nitrogen and oxygen atoms in total. The molecule has 1 aromatic rings. The molecule has 1 saturated carbocycles. The van der Waals surface area contributed by atoms with Gasteiger partial charge in [-0.1, -0.05) is 18.0 Å². The van der Waals surface area contributed by atoms with E-state index in [-0.39, 0.29) is 28.4 Å². The van der Waals surface area contributed by atoms with Gasteiger partial charge in [-0.2, -0.15) is 0 Å². The van der Waals surface area contributed by atoms with Gasteiger partial charge in [0.1, 0.15) is 4.90 Å². The monoisotopic (exact) mass is 318 g/mol. The van der Waals surface area contributed by atoms with Gasteiger partial charge >= 0.3 is 0 Å². The van der Waals surface area contributed by atoms with Crippen molar-refractivity contribution in [1.82, 2.24) is 4.72 Å². The van der Waals surface area contributed by atoms with Gasteiger partial charge in [-0.25, -0.2) is 13.1 Å². The Hall–Kier alpha value is -0.820. The molecule has 0 saturated heterocycles. The fraction of sp³-hybridized carbons (Fsp3) is 0.538. The molecule has 2 unspecified atom stereocenters. The van der Waals surface area contributed by atoms with E-state index in [2.05, 4.69) is 4.72 Å². The first-order valence-electron chi connectivity index (χ1n) is 6.59. The van der Waals surface area contributed by atoms with Gasteiger partial charge in [0.15, 0.2) is 0 Å². The lowest BCUT2D eigenvalue weighted by atomic mass is 9.97. The topological polar surface area (TPSA) is 92.4 Å². The Morgan fingerprint density at radius 2 is 2.05 bits per heavy atom. The molecule has 0 heterocycles. The molecule has 4 N–H and O–H groups in total. The highest BCUT2D eigenvalue weighted by Crippen LogP contribution is 2.31. The van der Waals surface area contributed by atoms with Crippen molar-refractivity contribution >= 4 is 27.3 Å². The van der Waals surface area contributed by atoms with E-state index in [4.69, 9.17) is 17.3 Å². The van der Waals surface area contributed by atoms with Crippen molar-refractivity contribution < 1.29 is 13.5 Å². The highest BCUT2D eigenvalue weighted by atomic mass is 35.5. The summed E-state index contributed by atoms with van der Waals surface area (Å²) in [6.45, 7) is 0.421. The number of nitrogens with one attached hydrogen (secondary N) is 1. The number of halogens is 1. The van der Waals surface area contributed by atoms with E-state index in [0.717, 1.165) is 19.3 Å². The second kappa shape index (κ2) is 6.30. The third-order valence-corrected chi connectivity index (χ3v) is 5.74. The van der Waals surface area contributed by atoms with Crippen molar-refractivity contribution in [3.63, 3.8) is 0 Å².